The van der Waals surface area contributed by atoms with Crippen LogP contribution in [-0.4, -0.2) is 27.8 Å². The van der Waals surface area contributed by atoms with Crippen molar-refractivity contribution < 1.29 is 4.21 Å². The highest BCUT2D eigenvalue weighted by atomic mass is 32.2. The van der Waals surface area contributed by atoms with Crippen LogP contribution in [0, 0.1) is 12.3 Å². The van der Waals surface area contributed by atoms with Crippen LogP contribution in [-0.2, 0) is 10.8 Å². The van der Waals surface area contributed by atoms with Gasteiger partial charge in [0, 0.05) is 28.3 Å². The molecule has 1 rings (SSSR count). The maximum atomic E-state index is 11.1. The maximum absolute atomic E-state index is 11.1. The first-order valence-corrected chi connectivity index (χ1v) is 6.82. The smallest absolute Gasteiger partial charge is 0.0688 e. The molecule has 0 saturated carbocycles. The molecule has 1 fully saturated rings. The molecule has 1 saturated heterocycles. The molecule has 1 N–H and O–H groups in total. The molecule has 1 atom stereocenters. The Balaban J connectivity index is 2.29. The van der Waals surface area contributed by atoms with E-state index in [9.17, 15) is 4.21 Å². The highest BCUT2D eigenvalue weighted by Crippen LogP contribution is 2.10. The number of nitrogens with one attached hydrogen (secondary N) is 1. The van der Waals surface area contributed by atoms with Crippen LogP contribution < -0.4 is 5.32 Å². The van der Waals surface area contributed by atoms with Gasteiger partial charge in [0.15, 0.2) is 0 Å². The van der Waals surface area contributed by atoms with Crippen LogP contribution >= 0.6 is 0 Å². The molecule has 2 nitrogen and oxygen atoms in total. The zero-order valence-electron chi connectivity index (χ0n) is 8.79. The van der Waals surface area contributed by atoms with Crippen molar-refractivity contribution in [2.45, 2.75) is 44.7 Å². The lowest BCUT2D eigenvalue weighted by Gasteiger charge is -2.25. The molecule has 0 amide bonds. The first-order chi connectivity index (χ1) is 6.76. The summed E-state index contributed by atoms with van der Waals surface area (Å²) < 4.78 is 11.1. The fourth-order valence-corrected chi connectivity index (χ4v) is 3.05. The first-order valence-electron chi connectivity index (χ1n) is 5.33. The molecule has 1 aliphatic heterocycles. The van der Waals surface area contributed by atoms with Gasteiger partial charge in [0.25, 0.3) is 0 Å². The molecule has 0 spiro atoms. The largest absolute Gasteiger partial charge is 0.301 e. The van der Waals surface area contributed by atoms with E-state index < -0.39 is 10.8 Å². The van der Waals surface area contributed by atoms with Gasteiger partial charge >= 0.3 is 0 Å². The second-order valence-electron chi connectivity index (χ2n) is 3.80. The Morgan fingerprint density at radius 2 is 2.21 bits per heavy atom. The quantitative estimate of drug-likeness (QED) is 0.713. The van der Waals surface area contributed by atoms with Crippen molar-refractivity contribution in [3.05, 3.63) is 0 Å². The van der Waals surface area contributed by atoms with Gasteiger partial charge in [-0.05, 0) is 19.3 Å². The van der Waals surface area contributed by atoms with Gasteiger partial charge in [0.05, 0.1) is 6.04 Å². The predicted octanol–water partition coefficient (Wildman–Crippen LogP) is 1.29. The monoisotopic (exact) mass is 213 g/mol. The third-order valence-corrected chi connectivity index (χ3v) is 3.99. The molecular formula is C11H19NOS. The van der Waals surface area contributed by atoms with Crippen LogP contribution in [0.2, 0.25) is 0 Å². The summed E-state index contributed by atoms with van der Waals surface area (Å²) >= 11 is 0. The van der Waals surface area contributed by atoms with E-state index in [1.165, 1.54) is 0 Å². The average molecular weight is 213 g/mol. The average Bonchev–Trinajstić information content (AvgIpc) is 2.20. The molecule has 80 valence electrons. The zero-order chi connectivity index (χ0) is 10.4. The lowest BCUT2D eigenvalue weighted by atomic mass is 10.1. The van der Waals surface area contributed by atoms with Crippen molar-refractivity contribution >= 4 is 10.8 Å². The SMILES string of the molecule is C#CC(CCC)NC1CCS(=O)CC1. The lowest BCUT2D eigenvalue weighted by Crippen LogP contribution is -2.41. The molecule has 1 heterocycles. The normalized spacial score (nSPS) is 29.4. The summed E-state index contributed by atoms with van der Waals surface area (Å²) in [6.07, 6.45) is 9.60. The molecule has 0 aliphatic carbocycles. The molecule has 1 unspecified atom stereocenters. The second kappa shape index (κ2) is 6.21. The van der Waals surface area contributed by atoms with E-state index in [4.69, 9.17) is 6.42 Å². The Bertz CT molecular complexity index is 224. The third kappa shape index (κ3) is 3.81. The minimum atomic E-state index is -0.573. The van der Waals surface area contributed by atoms with Crippen LogP contribution in [0.1, 0.15) is 32.6 Å². The van der Waals surface area contributed by atoms with Crippen molar-refractivity contribution in [3.63, 3.8) is 0 Å². The Morgan fingerprint density at radius 3 is 2.71 bits per heavy atom. The highest BCUT2D eigenvalue weighted by molar-refractivity contribution is 7.85. The molecule has 0 aromatic heterocycles. The topological polar surface area (TPSA) is 29.1 Å². The van der Waals surface area contributed by atoms with E-state index >= 15 is 0 Å². The molecule has 0 aromatic carbocycles. The molecule has 3 heteroatoms. The van der Waals surface area contributed by atoms with Crippen LogP contribution in [0.5, 0.6) is 0 Å². The highest BCUT2D eigenvalue weighted by Gasteiger charge is 2.19. The maximum Gasteiger partial charge on any atom is 0.0688 e. The minimum absolute atomic E-state index is 0.205. The van der Waals surface area contributed by atoms with E-state index in [2.05, 4.69) is 18.2 Å². The number of hydrogen-bond acceptors (Lipinski definition) is 2. The van der Waals surface area contributed by atoms with Crippen molar-refractivity contribution in [3.8, 4) is 12.3 Å². The summed E-state index contributed by atoms with van der Waals surface area (Å²) in [5.41, 5.74) is 0. The first kappa shape index (κ1) is 11.7. The van der Waals surface area contributed by atoms with Crippen molar-refractivity contribution in [2.75, 3.05) is 11.5 Å². The number of terminal acetylenes is 1. The Morgan fingerprint density at radius 1 is 1.57 bits per heavy atom. The van der Waals surface area contributed by atoms with Gasteiger partial charge in [0.2, 0.25) is 0 Å². The van der Waals surface area contributed by atoms with Crippen LogP contribution in [0.15, 0.2) is 0 Å². The Hall–Kier alpha value is -0.330. The summed E-state index contributed by atoms with van der Waals surface area (Å²) in [7, 11) is -0.573. The molecular weight excluding hydrogens is 194 g/mol. The predicted molar refractivity (Wildman–Crippen MR) is 61.6 cm³/mol. The van der Waals surface area contributed by atoms with Gasteiger partial charge in [-0.1, -0.05) is 19.3 Å². The molecule has 1 aliphatic rings. The van der Waals surface area contributed by atoms with Crippen molar-refractivity contribution in [1.29, 1.82) is 0 Å². The molecule has 0 bridgehead atoms. The van der Waals surface area contributed by atoms with Crippen LogP contribution in [0.3, 0.4) is 0 Å². The van der Waals surface area contributed by atoms with Gasteiger partial charge in [-0.3, -0.25) is 4.21 Å². The van der Waals surface area contributed by atoms with Gasteiger partial charge in [-0.25, -0.2) is 0 Å². The summed E-state index contributed by atoms with van der Waals surface area (Å²) in [5, 5.41) is 3.46. The van der Waals surface area contributed by atoms with E-state index in [0.717, 1.165) is 37.2 Å². The fraction of sp³-hybridized carbons (Fsp3) is 0.818. The van der Waals surface area contributed by atoms with Crippen LogP contribution in [0.4, 0.5) is 0 Å². The van der Waals surface area contributed by atoms with E-state index in [0.29, 0.717) is 6.04 Å². The minimum Gasteiger partial charge on any atom is -0.301 e. The standard InChI is InChI=1S/C11H19NOS/c1-3-5-10(4-2)12-11-6-8-14(13)9-7-11/h2,10-12H,3,5-9H2,1H3. The van der Waals surface area contributed by atoms with Gasteiger partial charge in [-0.2, -0.15) is 0 Å². The van der Waals surface area contributed by atoms with Crippen molar-refractivity contribution in [2.24, 2.45) is 0 Å². The molecule has 14 heavy (non-hydrogen) atoms. The molecule has 0 aromatic rings. The second-order valence-corrected chi connectivity index (χ2v) is 5.49. The van der Waals surface area contributed by atoms with E-state index in [1.54, 1.807) is 0 Å². The Kier molecular flexibility index (Phi) is 5.21. The number of hydrogen-bond donors (Lipinski definition) is 1. The molecule has 0 radical (unpaired) electrons. The summed E-state index contributed by atoms with van der Waals surface area (Å²) in [4.78, 5) is 0. The number of rotatable bonds is 4. The van der Waals surface area contributed by atoms with E-state index in [-0.39, 0.29) is 6.04 Å². The van der Waals surface area contributed by atoms with Gasteiger partial charge in [0.1, 0.15) is 0 Å². The van der Waals surface area contributed by atoms with E-state index in [1.807, 2.05) is 0 Å². The third-order valence-electron chi connectivity index (χ3n) is 2.60. The summed E-state index contributed by atoms with van der Waals surface area (Å²) in [6.45, 7) is 2.14. The van der Waals surface area contributed by atoms with Crippen molar-refractivity contribution in [1.82, 2.24) is 5.32 Å². The fourth-order valence-electron chi connectivity index (χ4n) is 1.75. The van der Waals surface area contributed by atoms with Crippen LogP contribution in [0.25, 0.3) is 0 Å². The van der Waals surface area contributed by atoms with Gasteiger partial charge < -0.3 is 5.32 Å². The zero-order valence-corrected chi connectivity index (χ0v) is 9.61. The summed E-state index contributed by atoms with van der Waals surface area (Å²) in [6, 6.07) is 0.692. The summed E-state index contributed by atoms with van der Waals surface area (Å²) in [5.74, 6) is 4.44. The Labute approximate surface area is 89.3 Å². The lowest BCUT2D eigenvalue weighted by molar-refractivity contribution is 0.431. The van der Waals surface area contributed by atoms with Gasteiger partial charge in [-0.15, -0.1) is 6.42 Å².